The fraction of sp³-hybridized carbons (Fsp3) is 0.938. The van der Waals surface area contributed by atoms with Crippen LogP contribution in [0.2, 0.25) is 0 Å². The summed E-state index contributed by atoms with van der Waals surface area (Å²) in [5, 5.41) is 3.09. The molecule has 0 bridgehead atoms. The Balaban J connectivity index is 1.74. The molecule has 0 aromatic carbocycles. The monoisotopic (exact) mass is 312 g/mol. The number of nitrogens with zero attached hydrogens (tertiary/aromatic N) is 3. The zero-order chi connectivity index (χ0) is 15.9. The summed E-state index contributed by atoms with van der Waals surface area (Å²) in [5.74, 6) is 0.655. The quantitative estimate of drug-likeness (QED) is 0.784. The van der Waals surface area contributed by atoms with E-state index in [1.54, 1.807) is 7.11 Å². The third kappa shape index (κ3) is 4.83. The van der Waals surface area contributed by atoms with E-state index < -0.39 is 0 Å². The number of carbonyl (C=O) groups excluding carboxylic acids is 1. The van der Waals surface area contributed by atoms with Crippen molar-refractivity contribution in [1.82, 2.24) is 20.0 Å². The van der Waals surface area contributed by atoms with Crippen LogP contribution in [-0.4, -0.2) is 93.9 Å². The van der Waals surface area contributed by atoms with Crippen LogP contribution in [0.4, 0.5) is 4.79 Å². The van der Waals surface area contributed by atoms with E-state index in [2.05, 4.69) is 34.1 Å². The highest BCUT2D eigenvalue weighted by atomic mass is 16.5. The van der Waals surface area contributed by atoms with Gasteiger partial charge in [-0.05, 0) is 45.8 Å². The Hall–Kier alpha value is -0.850. The largest absolute Gasteiger partial charge is 0.383 e. The van der Waals surface area contributed by atoms with Crippen molar-refractivity contribution in [2.75, 3.05) is 67.1 Å². The summed E-state index contributed by atoms with van der Waals surface area (Å²) in [5.41, 5.74) is 0. The lowest BCUT2D eigenvalue weighted by Crippen LogP contribution is -2.57. The van der Waals surface area contributed by atoms with Crippen molar-refractivity contribution in [2.24, 2.45) is 5.92 Å². The number of urea groups is 1. The van der Waals surface area contributed by atoms with E-state index in [4.69, 9.17) is 4.74 Å². The molecule has 0 saturated carbocycles. The van der Waals surface area contributed by atoms with Gasteiger partial charge in [0.1, 0.15) is 0 Å². The number of amides is 2. The van der Waals surface area contributed by atoms with Gasteiger partial charge in [0.05, 0.1) is 6.61 Å². The van der Waals surface area contributed by atoms with Crippen LogP contribution in [0.15, 0.2) is 0 Å². The molecule has 22 heavy (non-hydrogen) atoms. The van der Waals surface area contributed by atoms with E-state index >= 15 is 0 Å². The molecule has 2 amide bonds. The Morgan fingerprint density at radius 1 is 1.32 bits per heavy atom. The van der Waals surface area contributed by atoms with Gasteiger partial charge in [0.2, 0.25) is 0 Å². The van der Waals surface area contributed by atoms with E-state index in [9.17, 15) is 4.79 Å². The smallest absolute Gasteiger partial charge is 0.317 e. The number of fused-ring (bicyclic) bond motifs is 1. The number of hydrogen-bond donors (Lipinski definition) is 1. The molecule has 6 heteroatoms. The first kappa shape index (κ1) is 17.5. The van der Waals surface area contributed by atoms with Crippen molar-refractivity contribution in [2.45, 2.75) is 25.3 Å². The zero-order valence-electron chi connectivity index (χ0n) is 14.4. The number of rotatable bonds is 6. The van der Waals surface area contributed by atoms with Gasteiger partial charge in [0, 0.05) is 45.9 Å². The van der Waals surface area contributed by atoms with Gasteiger partial charge in [0.25, 0.3) is 0 Å². The van der Waals surface area contributed by atoms with Crippen molar-refractivity contribution in [3.8, 4) is 0 Å². The van der Waals surface area contributed by atoms with Crippen LogP contribution in [-0.2, 0) is 4.74 Å². The van der Waals surface area contributed by atoms with Crippen molar-refractivity contribution in [3.63, 3.8) is 0 Å². The Kier molecular flexibility index (Phi) is 6.92. The number of nitrogens with one attached hydrogen (secondary N) is 1. The Morgan fingerprint density at radius 3 is 2.91 bits per heavy atom. The second-order valence-corrected chi connectivity index (χ2v) is 6.74. The minimum atomic E-state index is 0.124. The highest BCUT2D eigenvalue weighted by Gasteiger charge is 2.37. The van der Waals surface area contributed by atoms with Gasteiger partial charge in [-0.25, -0.2) is 4.79 Å². The van der Waals surface area contributed by atoms with E-state index in [1.807, 2.05) is 0 Å². The van der Waals surface area contributed by atoms with Crippen LogP contribution in [0.3, 0.4) is 0 Å². The van der Waals surface area contributed by atoms with E-state index in [0.29, 0.717) is 18.5 Å². The number of hydrogen-bond acceptors (Lipinski definition) is 4. The molecule has 0 radical (unpaired) electrons. The number of ether oxygens (including phenoxy) is 1. The van der Waals surface area contributed by atoms with Crippen molar-refractivity contribution in [3.05, 3.63) is 0 Å². The minimum Gasteiger partial charge on any atom is -0.383 e. The summed E-state index contributed by atoms with van der Waals surface area (Å²) in [6.45, 7) is 6.34. The summed E-state index contributed by atoms with van der Waals surface area (Å²) in [4.78, 5) is 19.2. The molecule has 2 heterocycles. The number of carbonyl (C=O) groups is 1. The lowest BCUT2D eigenvalue weighted by Gasteiger charge is -2.46. The molecule has 2 aliphatic rings. The van der Waals surface area contributed by atoms with Crippen LogP contribution >= 0.6 is 0 Å². The summed E-state index contributed by atoms with van der Waals surface area (Å²) < 4.78 is 5.06. The fourth-order valence-electron chi connectivity index (χ4n) is 3.65. The van der Waals surface area contributed by atoms with E-state index in [0.717, 1.165) is 52.2 Å². The van der Waals surface area contributed by atoms with Crippen LogP contribution < -0.4 is 5.32 Å². The van der Waals surface area contributed by atoms with E-state index in [1.165, 1.54) is 6.42 Å². The molecule has 0 unspecified atom stereocenters. The number of likely N-dealkylation sites (N-methyl/N-ethyl adjacent to an activating group) is 1. The molecule has 2 fully saturated rings. The first-order valence-electron chi connectivity index (χ1n) is 8.52. The molecule has 6 nitrogen and oxygen atoms in total. The molecule has 1 N–H and O–H groups in total. The van der Waals surface area contributed by atoms with Gasteiger partial charge in [-0.3, -0.25) is 0 Å². The normalized spacial score (nSPS) is 26.1. The Bertz CT molecular complexity index is 353. The second kappa shape index (κ2) is 8.70. The lowest BCUT2D eigenvalue weighted by molar-refractivity contribution is 0.0532. The van der Waals surface area contributed by atoms with Crippen LogP contribution in [0.5, 0.6) is 0 Å². The number of likely N-dealkylation sites (tertiary alicyclic amines) is 2. The molecule has 128 valence electrons. The molecule has 2 aliphatic heterocycles. The summed E-state index contributed by atoms with van der Waals surface area (Å²) in [6.07, 6.45) is 3.51. The highest BCUT2D eigenvalue weighted by molar-refractivity contribution is 5.74. The van der Waals surface area contributed by atoms with Gasteiger partial charge < -0.3 is 24.8 Å². The number of methoxy groups -OCH3 is 1. The van der Waals surface area contributed by atoms with Gasteiger partial charge in [-0.15, -0.1) is 0 Å². The van der Waals surface area contributed by atoms with Crippen molar-refractivity contribution in [1.29, 1.82) is 0 Å². The topological polar surface area (TPSA) is 48.1 Å². The summed E-state index contributed by atoms with van der Waals surface area (Å²) >= 11 is 0. The maximum atomic E-state index is 12.5. The van der Waals surface area contributed by atoms with Gasteiger partial charge in [-0.2, -0.15) is 0 Å². The highest BCUT2D eigenvalue weighted by Crippen LogP contribution is 2.29. The summed E-state index contributed by atoms with van der Waals surface area (Å²) in [6, 6.07) is 0.565. The first-order valence-corrected chi connectivity index (χ1v) is 8.52. The van der Waals surface area contributed by atoms with Crippen LogP contribution in [0.25, 0.3) is 0 Å². The first-order chi connectivity index (χ1) is 10.6. The molecule has 0 spiro atoms. The van der Waals surface area contributed by atoms with Gasteiger partial charge >= 0.3 is 6.03 Å². The Labute approximate surface area is 134 Å². The standard InChI is InChI=1S/C16H32N4O2/c1-18(11-12-22-3)10-7-17-16(21)20-8-4-5-14-13-19(2)9-6-15(14)20/h14-15H,4-13H2,1-3H3,(H,17,21)/t14-,15-/m1/s1. The zero-order valence-corrected chi connectivity index (χ0v) is 14.4. The van der Waals surface area contributed by atoms with Gasteiger partial charge in [0.15, 0.2) is 0 Å². The molecule has 2 atom stereocenters. The van der Waals surface area contributed by atoms with E-state index in [-0.39, 0.29) is 6.03 Å². The molecule has 0 aromatic heterocycles. The third-order valence-electron chi connectivity index (χ3n) is 4.98. The second-order valence-electron chi connectivity index (χ2n) is 6.74. The SMILES string of the molecule is COCCN(C)CCNC(=O)N1CCC[C@@H]2CN(C)CC[C@H]21. The molecule has 0 aliphatic carbocycles. The lowest BCUT2D eigenvalue weighted by atomic mass is 9.84. The molecule has 2 rings (SSSR count). The van der Waals surface area contributed by atoms with Crippen LogP contribution in [0, 0.1) is 5.92 Å². The average Bonchev–Trinajstić information content (AvgIpc) is 2.51. The Morgan fingerprint density at radius 2 is 2.14 bits per heavy atom. The number of piperidine rings is 2. The predicted octanol–water partition coefficient (Wildman–Crippen LogP) is 0.690. The van der Waals surface area contributed by atoms with Crippen molar-refractivity contribution < 1.29 is 9.53 Å². The molecular formula is C16H32N4O2. The maximum absolute atomic E-state index is 12.5. The summed E-state index contributed by atoms with van der Waals surface area (Å²) in [7, 11) is 5.95. The molecule has 0 aromatic rings. The molecular weight excluding hydrogens is 280 g/mol. The third-order valence-corrected chi connectivity index (χ3v) is 4.98. The molecule has 2 saturated heterocycles. The van der Waals surface area contributed by atoms with Crippen LogP contribution in [0.1, 0.15) is 19.3 Å². The predicted molar refractivity (Wildman–Crippen MR) is 88.1 cm³/mol. The maximum Gasteiger partial charge on any atom is 0.317 e. The fourth-order valence-corrected chi connectivity index (χ4v) is 3.65. The minimum absolute atomic E-state index is 0.124. The van der Waals surface area contributed by atoms with Gasteiger partial charge in [-0.1, -0.05) is 0 Å². The van der Waals surface area contributed by atoms with Crippen molar-refractivity contribution >= 4 is 6.03 Å². The average molecular weight is 312 g/mol.